The van der Waals surface area contributed by atoms with Gasteiger partial charge in [0.1, 0.15) is 0 Å². The Kier molecular flexibility index (Phi) is 7.43. The Bertz CT molecular complexity index is 2860. The standard InChI is InChI=1S/C49H32N4O2/c1-49(2)39-19-7-6-17-38(39)43-40(49)25-26-42-45(43)55-44-37(18-10-20-41(44)54-42)31-21-23-33(24-22-31)47-51-46(32-12-4-3-5-13-32)52-48(53-47)36-16-9-15-35(28-36)34-14-8-11-30(27-34)29-50/h3-28H,1-2H3. The molecule has 0 N–H and O–H groups in total. The third kappa shape index (κ3) is 5.45. The Hall–Kier alpha value is -7.36. The first-order valence-electron chi connectivity index (χ1n) is 18.2. The maximum Gasteiger partial charge on any atom is 0.178 e. The molecule has 260 valence electrons. The van der Waals surface area contributed by atoms with Crippen LogP contribution in [0, 0.1) is 11.3 Å². The third-order valence-corrected chi connectivity index (χ3v) is 10.6. The van der Waals surface area contributed by atoms with E-state index in [1.807, 2.05) is 97.1 Å². The van der Waals surface area contributed by atoms with E-state index in [0.29, 0.717) is 40.3 Å². The van der Waals surface area contributed by atoms with Gasteiger partial charge < -0.3 is 9.47 Å². The first-order valence-corrected chi connectivity index (χ1v) is 18.2. The number of para-hydroxylation sites is 1. The van der Waals surface area contributed by atoms with Crippen molar-refractivity contribution in [1.29, 1.82) is 5.26 Å². The van der Waals surface area contributed by atoms with Crippen molar-refractivity contribution in [3.63, 3.8) is 0 Å². The van der Waals surface area contributed by atoms with Crippen molar-refractivity contribution in [2.75, 3.05) is 0 Å². The Labute approximate surface area is 319 Å². The Morgan fingerprint density at radius 3 is 1.82 bits per heavy atom. The molecule has 8 aromatic rings. The topological polar surface area (TPSA) is 80.9 Å². The summed E-state index contributed by atoms with van der Waals surface area (Å²) < 4.78 is 13.4. The summed E-state index contributed by atoms with van der Waals surface area (Å²) in [6.45, 7) is 4.53. The van der Waals surface area contributed by atoms with Crippen molar-refractivity contribution in [2.24, 2.45) is 0 Å². The molecule has 0 bridgehead atoms. The fourth-order valence-corrected chi connectivity index (χ4v) is 7.83. The summed E-state index contributed by atoms with van der Waals surface area (Å²) in [5.74, 6) is 4.54. The quantitative estimate of drug-likeness (QED) is 0.177. The number of benzene rings is 7. The molecule has 0 unspecified atom stereocenters. The van der Waals surface area contributed by atoms with Gasteiger partial charge in [0.05, 0.1) is 11.6 Å². The van der Waals surface area contributed by atoms with E-state index in [1.54, 1.807) is 6.07 Å². The molecular weight excluding hydrogens is 677 g/mol. The smallest absolute Gasteiger partial charge is 0.178 e. The minimum atomic E-state index is -0.151. The molecular formula is C49H32N4O2. The zero-order valence-electron chi connectivity index (χ0n) is 30.1. The number of ether oxygens (including phenoxy) is 2. The minimum Gasteiger partial charge on any atom is -0.449 e. The number of nitriles is 1. The number of nitrogens with zero attached hydrogens (tertiary/aromatic N) is 4. The van der Waals surface area contributed by atoms with Crippen molar-refractivity contribution < 1.29 is 9.47 Å². The van der Waals surface area contributed by atoms with Crippen LogP contribution in [0.5, 0.6) is 23.0 Å². The Balaban J connectivity index is 1.03. The van der Waals surface area contributed by atoms with Crippen molar-refractivity contribution in [3.8, 4) is 96.6 Å². The zero-order chi connectivity index (χ0) is 37.1. The largest absolute Gasteiger partial charge is 0.449 e. The lowest BCUT2D eigenvalue weighted by atomic mass is 9.82. The van der Waals surface area contributed by atoms with Gasteiger partial charge in [0.15, 0.2) is 40.5 Å². The normalized spacial score (nSPS) is 13.0. The second-order valence-electron chi connectivity index (χ2n) is 14.3. The molecule has 0 spiro atoms. The van der Waals surface area contributed by atoms with Gasteiger partial charge in [-0.25, -0.2) is 15.0 Å². The third-order valence-electron chi connectivity index (χ3n) is 10.6. The van der Waals surface area contributed by atoms with Crippen LogP contribution in [0.25, 0.3) is 67.5 Å². The van der Waals surface area contributed by atoms with E-state index in [0.717, 1.165) is 50.3 Å². The highest BCUT2D eigenvalue weighted by Gasteiger charge is 2.39. The number of hydrogen-bond acceptors (Lipinski definition) is 6. The van der Waals surface area contributed by atoms with Gasteiger partial charge in [0.25, 0.3) is 0 Å². The van der Waals surface area contributed by atoms with Crippen LogP contribution in [0.15, 0.2) is 158 Å². The van der Waals surface area contributed by atoms with Gasteiger partial charge >= 0.3 is 0 Å². The van der Waals surface area contributed by atoms with Crippen LogP contribution in [0.3, 0.4) is 0 Å². The fourth-order valence-electron chi connectivity index (χ4n) is 7.83. The Morgan fingerprint density at radius 1 is 0.455 bits per heavy atom. The highest BCUT2D eigenvalue weighted by atomic mass is 16.6. The maximum absolute atomic E-state index is 9.48. The predicted molar refractivity (Wildman–Crippen MR) is 216 cm³/mol. The van der Waals surface area contributed by atoms with Gasteiger partial charge in [-0.1, -0.05) is 141 Å². The van der Waals surface area contributed by atoms with Crippen molar-refractivity contribution in [3.05, 3.63) is 174 Å². The van der Waals surface area contributed by atoms with Crippen molar-refractivity contribution >= 4 is 0 Å². The molecule has 0 radical (unpaired) electrons. The summed E-state index contributed by atoms with van der Waals surface area (Å²) in [5, 5.41) is 9.48. The molecule has 1 aromatic heterocycles. The second kappa shape index (κ2) is 12.6. The van der Waals surface area contributed by atoms with Crippen LogP contribution in [0.4, 0.5) is 0 Å². The van der Waals surface area contributed by atoms with Crippen LogP contribution in [0.1, 0.15) is 30.5 Å². The second-order valence-corrected chi connectivity index (χ2v) is 14.3. The molecule has 0 saturated carbocycles. The van der Waals surface area contributed by atoms with Gasteiger partial charge in [-0.3, -0.25) is 0 Å². The summed E-state index contributed by atoms with van der Waals surface area (Å²) in [6.07, 6.45) is 0. The minimum absolute atomic E-state index is 0.151. The summed E-state index contributed by atoms with van der Waals surface area (Å²) in [6, 6.07) is 54.9. The van der Waals surface area contributed by atoms with Crippen molar-refractivity contribution in [2.45, 2.75) is 19.3 Å². The van der Waals surface area contributed by atoms with Crippen molar-refractivity contribution in [1.82, 2.24) is 15.0 Å². The molecule has 6 nitrogen and oxygen atoms in total. The van der Waals surface area contributed by atoms with Gasteiger partial charge in [0.2, 0.25) is 0 Å². The highest BCUT2D eigenvalue weighted by molar-refractivity contribution is 5.89. The molecule has 7 aromatic carbocycles. The molecule has 0 amide bonds. The fraction of sp³-hybridized carbons (Fsp3) is 0.0612. The zero-order valence-corrected chi connectivity index (χ0v) is 30.1. The van der Waals surface area contributed by atoms with Gasteiger partial charge in [-0.05, 0) is 63.7 Å². The van der Waals surface area contributed by atoms with Crippen LogP contribution in [-0.4, -0.2) is 15.0 Å². The summed E-state index contributed by atoms with van der Waals surface area (Å²) in [7, 11) is 0. The van der Waals surface area contributed by atoms with E-state index in [4.69, 9.17) is 24.4 Å². The highest BCUT2D eigenvalue weighted by Crippen LogP contribution is 2.59. The van der Waals surface area contributed by atoms with E-state index >= 15 is 0 Å². The van der Waals surface area contributed by atoms with E-state index in [2.05, 4.69) is 74.5 Å². The van der Waals surface area contributed by atoms with E-state index in [-0.39, 0.29) is 5.41 Å². The van der Waals surface area contributed by atoms with Crippen LogP contribution < -0.4 is 9.47 Å². The molecule has 1 aliphatic carbocycles. The van der Waals surface area contributed by atoms with E-state index in [9.17, 15) is 5.26 Å². The molecule has 2 heterocycles. The van der Waals surface area contributed by atoms with Crippen LogP contribution in [-0.2, 0) is 5.41 Å². The SMILES string of the molecule is CC1(C)c2ccccc2-c2c1ccc1c2Oc2c(cccc2-c2ccc(-c3nc(-c4ccccc4)nc(-c4cccc(-c5cccc(C#N)c5)c4)n3)cc2)O1. The average molecular weight is 709 g/mol. The number of aromatic nitrogens is 3. The van der Waals surface area contributed by atoms with Crippen LogP contribution >= 0.6 is 0 Å². The first kappa shape index (κ1) is 32.3. The molecule has 55 heavy (non-hydrogen) atoms. The average Bonchev–Trinajstić information content (AvgIpc) is 3.49. The summed E-state index contributed by atoms with van der Waals surface area (Å²) in [4.78, 5) is 14.9. The molecule has 1 aliphatic heterocycles. The van der Waals surface area contributed by atoms with E-state index in [1.165, 1.54) is 16.7 Å². The molecule has 6 heteroatoms. The van der Waals surface area contributed by atoms with Gasteiger partial charge in [-0.15, -0.1) is 0 Å². The summed E-state index contributed by atoms with van der Waals surface area (Å²) >= 11 is 0. The molecule has 0 saturated heterocycles. The lowest BCUT2D eigenvalue weighted by Crippen LogP contribution is -2.15. The maximum atomic E-state index is 9.48. The molecule has 0 atom stereocenters. The number of rotatable bonds is 5. The molecule has 10 rings (SSSR count). The lowest BCUT2D eigenvalue weighted by Gasteiger charge is -2.26. The van der Waals surface area contributed by atoms with E-state index < -0.39 is 0 Å². The monoisotopic (exact) mass is 708 g/mol. The van der Waals surface area contributed by atoms with Crippen LogP contribution in [0.2, 0.25) is 0 Å². The molecule has 0 fully saturated rings. The lowest BCUT2D eigenvalue weighted by molar-refractivity contribution is 0.361. The van der Waals surface area contributed by atoms with Gasteiger partial charge in [-0.2, -0.15) is 5.26 Å². The predicted octanol–water partition coefficient (Wildman–Crippen LogP) is 12.3. The number of fused-ring (bicyclic) bond motifs is 6. The first-order chi connectivity index (χ1) is 26.9. The molecule has 2 aliphatic rings. The van der Waals surface area contributed by atoms with Gasteiger partial charge in [0, 0.05) is 33.2 Å². The Morgan fingerprint density at radius 2 is 1.04 bits per heavy atom. The summed E-state index contributed by atoms with van der Waals surface area (Å²) in [5.41, 5.74) is 11.7. The number of hydrogen-bond donors (Lipinski definition) is 0.